The van der Waals surface area contributed by atoms with Crippen LogP contribution in [0, 0.1) is 5.92 Å². The molecule has 1 aliphatic carbocycles. The first-order chi connectivity index (χ1) is 11.7. The highest BCUT2D eigenvalue weighted by Crippen LogP contribution is 2.28. The molecule has 24 heavy (non-hydrogen) atoms. The van der Waals surface area contributed by atoms with Crippen molar-refractivity contribution in [1.29, 1.82) is 0 Å². The van der Waals surface area contributed by atoms with E-state index in [0.29, 0.717) is 6.04 Å². The predicted molar refractivity (Wildman–Crippen MR) is 104 cm³/mol. The highest BCUT2D eigenvalue weighted by molar-refractivity contribution is 7.80. The van der Waals surface area contributed by atoms with Crippen molar-refractivity contribution in [3.8, 4) is 5.75 Å². The molecule has 1 saturated carbocycles. The van der Waals surface area contributed by atoms with Crippen LogP contribution in [0.2, 0.25) is 0 Å². The molecule has 1 aromatic rings. The molecule has 1 saturated heterocycles. The molecular formula is C19H29N3OS. The van der Waals surface area contributed by atoms with Crippen LogP contribution in [-0.2, 0) is 0 Å². The van der Waals surface area contributed by atoms with Gasteiger partial charge in [0.05, 0.1) is 12.8 Å². The van der Waals surface area contributed by atoms with E-state index in [1.165, 1.54) is 31.4 Å². The van der Waals surface area contributed by atoms with Gasteiger partial charge in [-0.25, -0.2) is 0 Å². The number of hydrogen-bond donors (Lipinski definition) is 1. The highest BCUT2D eigenvalue weighted by Gasteiger charge is 2.25. The predicted octanol–water partition coefficient (Wildman–Crippen LogP) is 3.27. The van der Waals surface area contributed by atoms with E-state index < -0.39 is 0 Å². The molecule has 2 aliphatic rings. The number of anilines is 1. The molecule has 1 aliphatic heterocycles. The third-order valence-corrected chi connectivity index (χ3v) is 5.79. The van der Waals surface area contributed by atoms with Gasteiger partial charge in [-0.2, -0.15) is 0 Å². The smallest absolute Gasteiger partial charge is 0.169 e. The molecule has 132 valence electrons. The molecule has 0 amide bonds. The average molecular weight is 348 g/mol. The molecular weight excluding hydrogens is 318 g/mol. The first-order valence-corrected chi connectivity index (χ1v) is 9.53. The maximum absolute atomic E-state index is 5.68. The Labute approximate surface area is 151 Å². The number of methoxy groups -OCH3 is 1. The van der Waals surface area contributed by atoms with E-state index in [9.17, 15) is 0 Å². The number of thiocarbonyl (C=S) groups is 1. The number of nitrogens with one attached hydrogen (secondary N) is 1. The third-order valence-electron chi connectivity index (χ3n) is 5.41. The zero-order valence-corrected chi connectivity index (χ0v) is 15.6. The zero-order chi connectivity index (χ0) is 16.9. The molecule has 3 rings (SSSR count). The molecule has 0 spiro atoms. The van der Waals surface area contributed by atoms with Crippen LogP contribution in [0.15, 0.2) is 24.3 Å². The summed E-state index contributed by atoms with van der Waals surface area (Å²) in [6.45, 7) is 6.22. The lowest BCUT2D eigenvalue weighted by Crippen LogP contribution is -2.54. The van der Waals surface area contributed by atoms with Crippen molar-refractivity contribution in [1.82, 2.24) is 10.2 Å². The minimum absolute atomic E-state index is 0.554. The van der Waals surface area contributed by atoms with Crippen molar-refractivity contribution < 1.29 is 4.74 Å². The van der Waals surface area contributed by atoms with Crippen LogP contribution < -0.4 is 15.0 Å². The number of para-hydroxylation sites is 2. The summed E-state index contributed by atoms with van der Waals surface area (Å²) in [5, 5.41) is 4.57. The van der Waals surface area contributed by atoms with E-state index in [-0.39, 0.29) is 0 Å². The van der Waals surface area contributed by atoms with Gasteiger partial charge in [-0.3, -0.25) is 0 Å². The van der Waals surface area contributed by atoms with Crippen molar-refractivity contribution in [3.05, 3.63) is 24.3 Å². The number of rotatable bonds is 3. The summed E-state index contributed by atoms with van der Waals surface area (Å²) < 4.78 is 5.49. The largest absolute Gasteiger partial charge is 0.495 e. The first kappa shape index (κ1) is 17.3. The maximum Gasteiger partial charge on any atom is 0.169 e. The van der Waals surface area contributed by atoms with Gasteiger partial charge in [-0.05, 0) is 43.1 Å². The fraction of sp³-hybridized carbons (Fsp3) is 0.632. The number of benzene rings is 1. The van der Waals surface area contributed by atoms with Crippen molar-refractivity contribution in [2.45, 2.75) is 38.6 Å². The van der Waals surface area contributed by atoms with Crippen molar-refractivity contribution in [2.24, 2.45) is 5.92 Å². The van der Waals surface area contributed by atoms with Crippen LogP contribution in [0.5, 0.6) is 5.75 Å². The fourth-order valence-corrected chi connectivity index (χ4v) is 4.16. The Kier molecular flexibility index (Phi) is 5.82. The fourth-order valence-electron chi connectivity index (χ4n) is 3.82. The summed E-state index contributed by atoms with van der Waals surface area (Å²) >= 11 is 5.68. The SMILES string of the molecule is COc1ccccc1N1CCN(C(=S)N[C@H]2CCCC[C@H]2C)CC1. The second kappa shape index (κ2) is 8.06. The second-order valence-corrected chi connectivity index (χ2v) is 7.35. The third kappa shape index (κ3) is 3.94. The van der Waals surface area contributed by atoms with E-state index in [1.54, 1.807) is 7.11 Å². The molecule has 1 aromatic carbocycles. The monoisotopic (exact) mass is 347 g/mol. The van der Waals surface area contributed by atoms with E-state index in [2.05, 4.69) is 34.2 Å². The molecule has 4 nitrogen and oxygen atoms in total. The van der Waals surface area contributed by atoms with Crippen LogP contribution in [-0.4, -0.2) is 49.3 Å². The Hall–Kier alpha value is -1.49. The normalized spacial score (nSPS) is 24.6. The summed E-state index contributed by atoms with van der Waals surface area (Å²) in [7, 11) is 1.74. The van der Waals surface area contributed by atoms with Gasteiger partial charge in [0.2, 0.25) is 0 Å². The molecule has 1 heterocycles. The lowest BCUT2D eigenvalue weighted by molar-refractivity contribution is 0.293. The Balaban J connectivity index is 1.54. The maximum atomic E-state index is 5.68. The Morgan fingerprint density at radius 3 is 2.54 bits per heavy atom. The number of ether oxygens (including phenoxy) is 1. The van der Waals surface area contributed by atoms with Gasteiger partial charge >= 0.3 is 0 Å². The summed E-state index contributed by atoms with van der Waals surface area (Å²) in [6.07, 6.45) is 5.26. The molecule has 5 heteroatoms. The molecule has 0 unspecified atom stereocenters. The second-order valence-electron chi connectivity index (χ2n) is 6.96. The molecule has 1 N–H and O–H groups in total. The standard InChI is InChI=1S/C19H29N3OS/c1-15-7-3-4-8-16(15)20-19(24)22-13-11-21(12-14-22)17-9-5-6-10-18(17)23-2/h5-6,9-10,15-16H,3-4,7-8,11-14H2,1-2H3,(H,20,24)/t15-,16+/m1/s1. The van der Waals surface area contributed by atoms with Crippen LogP contribution in [0.1, 0.15) is 32.6 Å². The van der Waals surface area contributed by atoms with Gasteiger partial charge in [0, 0.05) is 32.2 Å². The van der Waals surface area contributed by atoms with Gasteiger partial charge in [0.25, 0.3) is 0 Å². The van der Waals surface area contributed by atoms with Gasteiger partial charge in [-0.1, -0.05) is 31.9 Å². The van der Waals surface area contributed by atoms with Crippen LogP contribution in [0.3, 0.4) is 0 Å². The Morgan fingerprint density at radius 1 is 1.12 bits per heavy atom. The molecule has 2 atom stereocenters. The zero-order valence-electron chi connectivity index (χ0n) is 14.8. The minimum atomic E-state index is 0.554. The van der Waals surface area contributed by atoms with E-state index >= 15 is 0 Å². The van der Waals surface area contributed by atoms with Crippen LogP contribution >= 0.6 is 12.2 Å². The van der Waals surface area contributed by atoms with Crippen LogP contribution in [0.25, 0.3) is 0 Å². The van der Waals surface area contributed by atoms with Crippen molar-refractivity contribution >= 4 is 23.0 Å². The summed E-state index contributed by atoms with van der Waals surface area (Å²) in [5.41, 5.74) is 1.18. The van der Waals surface area contributed by atoms with Crippen molar-refractivity contribution in [2.75, 3.05) is 38.2 Å². The first-order valence-electron chi connectivity index (χ1n) is 9.12. The van der Waals surface area contributed by atoms with Gasteiger partial charge in [-0.15, -0.1) is 0 Å². The van der Waals surface area contributed by atoms with Gasteiger partial charge in [0.1, 0.15) is 5.75 Å². The molecule has 0 aromatic heterocycles. The molecule has 0 bridgehead atoms. The number of hydrogen-bond acceptors (Lipinski definition) is 3. The van der Waals surface area contributed by atoms with Gasteiger partial charge in [0.15, 0.2) is 5.11 Å². The number of piperazine rings is 1. The lowest BCUT2D eigenvalue weighted by atomic mass is 9.86. The van der Waals surface area contributed by atoms with E-state index in [0.717, 1.165) is 43.0 Å². The quantitative estimate of drug-likeness (QED) is 0.847. The summed E-state index contributed by atoms with van der Waals surface area (Å²) in [4.78, 5) is 4.71. The number of nitrogens with zero attached hydrogens (tertiary/aromatic N) is 2. The topological polar surface area (TPSA) is 27.7 Å². The van der Waals surface area contributed by atoms with Gasteiger partial charge < -0.3 is 19.9 Å². The highest BCUT2D eigenvalue weighted by atomic mass is 32.1. The summed E-state index contributed by atoms with van der Waals surface area (Å²) in [5.74, 6) is 1.68. The lowest BCUT2D eigenvalue weighted by Gasteiger charge is -2.40. The Morgan fingerprint density at radius 2 is 1.83 bits per heavy atom. The average Bonchev–Trinajstić information content (AvgIpc) is 2.63. The summed E-state index contributed by atoms with van der Waals surface area (Å²) in [6, 6.07) is 8.80. The van der Waals surface area contributed by atoms with E-state index in [1.807, 2.05) is 12.1 Å². The van der Waals surface area contributed by atoms with Crippen LogP contribution in [0.4, 0.5) is 5.69 Å². The van der Waals surface area contributed by atoms with E-state index in [4.69, 9.17) is 17.0 Å². The molecule has 2 fully saturated rings. The Bertz CT molecular complexity index is 557. The molecule has 0 radical (unpaired) electrons. The minimum Gasteiger partial charge on any atom is -0.495 e. The van der Waals surface area contributed by atoms with Crippen molar-refractivity contribution in [3.63, 3.8) is 0 Å².